The van der Waals surface area contributed by atoms with Gasteiger partial charge < -0.3 is 25.6 Å². The van der Waals surface area contributed by atoms with Gasteiger partial charge in [-0.3, -0.25) is 0 Å². The number of alkyl halides is 3. The Morgan fingerprint density at radius 3 is 2.72 bits per heavy atom. The first kappa shape index (κ1) is 23.1. The highest BCUT2D eigenvalue weighted by atomic mass is 19.4. The fourth-order valence-electron chi connectivity index (χ4n) is 5.71. The normalized spacial score (nSPS) is 20.0. The molecule has 0 amide bonds. The van der Waals surface area contributed by atoms with Crippen molar-refractivity contribution in [1.29, 1.82) is 0 Å². The number of nitrogens with two attached hydrogens (primary N) is 1. The van der Waals surface area contributed by atoms with E-state index < -0.39 is 17.6 Å². The van der Waals surface area contributed by atoms with Crippen molar-refractivity contribution in [2.75, 3.05) is 61.9 Å². The molecule has 3 aromatic heterocycles. The van der Waals surface area contributed by atoms with E-state index in [1.54, 1.807) is 0 Å². The van der Waals surface area contributed by atoms with E-state index in [0.29, 0.717) is 24.5 Å². The number of nitrogens with one attached hydrogen (secondary N) is 1. The molecule has 6 heterocycles. The summed E-state index contributed by atoms with van der Waals surface area (Å²) in [6.07, 6.45) is 1.06. The molecular formula is C23H28F3N9O. The van der Waals surface area contributed by atoms with Gasteiger partial charge in [0.1, 0.15) is 18.1 Å². The van der Waals surface area contributed by atoms with Crippen LogP contribution in [0.15, 0.2) is 12.3 Å². The van der Waals surface area contributed by atoms with Gasteiger partial charge in [-0.25, -0.2) is 4.98 Å². The van der Waals surface area contributed by atoms with Crippen molar-refractivity contribution >= 4 is 23.0 Å². The van der Waals surface area contributed by atoms with Crippen LogP contribution in [0.5, 0.6) is 5.75 Å². The highest BCUT2D eigenvalue weighted by molar-refractivity contribution is 5.82. The van der Waals surface area contributed by atoms with E-state index in [1.807, 2.05) is 7.05 Å². The Morgan fingerprint density at radius 1 is 1.14 bits per heavy atom. The first-order chi connectivity index (χ1) is 17.3. The first-order valence-electron chi connectivity index (χ1n) is 12.2. The zero-order chi connectivity index (χ0) is 25.1. The summed E-state index contributed by atoms with van der Waals surface area (Å²) in [6, 6.07) is 0.942. The van der Waals surface area contributed by atoms with Crippen molar-refractivity contribution < 1.29 is 17.9 Å². The summed E-state index contributed by atoms with van der Waals surface area (Å²) in [7, 11) is 1.99. The molecule has 0 bridgehead atoms. The van der Waals surface area contributed by atoms with Crippen molar-refractivity contribution in [2.24, 2.45) is 5.41 Å². The van der Waals surface area contributed by atoms with Crippen LogP contribution >= 0.6 is 0 Å². The molecule has 192 valence electrons. The summed E-state index contributed by atoms with van der Waals surface area (Å²) in [6.45, 7) is 4.87. The SMILES string of the molecule is CN1CCOc2c1c(N1CCCC3(CCNCC3)C1)nn1c(-c3cnc(N)c(C(F)(F)F)c3)nnc21. The van der Waals surface area contributed by atoms with Gasteiger partial charge in [-0.05, 0) is 50.3 Å². The standard InChI is InChI=1S/C23H28F3N9O/c1-33-9-10-36-17-16(33)20(34-8-2-3-22(13-34)4-6-28-7-5-22)32-35-19(30-31-21(17)35)14-11-15(23(24,25)26)18(27)29-12-14/h11-12,28H,2-10,13H2,1H3,(H2,27,29). The van der Waals surface area contributed by atoms with E-state index in [9.17, 15) is 13.2 Å². The molecule has 10 nitrogen and oxygen atoms in total. The van der Waals surface area contributed by atoms with Crippen molar-refractivity contribution in [2.45, 2.75) is 31.9 Å². The van der Waals surface area contributed by atoms with Crippen LogP contribution in [0.25, 0.3) is 17.0 Å². The number of nitrogens with zero attached hydrogens (tertiary/aromatic N) is 7. The molecule has 2 fully saturated rings. The van der Waals surface area contributed by atoms with Gasteiger partial charge >= 0.3 is 6.18 Å². The Labute approximate surface area is 205 Å². The third kappa shape index (κ3) is 3.76. The summed E-state index contributed by atoms with van der Waals surface area (Å²) in [5.74, 6) is 0.837. The predicted molar refractivity (Wildman–Crippen MR) is 128 cm³/mol. The lowest BCUT2D eigenvalue weighted by Gasteiger charge is -2.46. The molecule has 3 N–H and O–H groups in total. The number of likely N-dealkylation sites (N-methyl/N-ethyl adjacent to an activating group) is 1. The Balaban J connectivity index is 1.50. The maximum Gasteiger partial charge on any atom is 0.419 e. The molecule has 0 atom stereocenters. The Kier molecular flexibility index (Phi) is 5.36. The van der Waals surface area contributed by atoms with E-state index in [4.69, 9.17) is 15.6 Å². The molecule has 0 saturated carbocycles. The molecule has 0 unspecified atom stereocenters. The number of anilines is 3. The minimum atomic E-state index is -4.64. The fraction of sp³-hybridized carbons (Fsp3) is 0.565. The smallest absolute Gasteiger partial charge is 0.419 e. The van der Waals surface area contributed by atoms with Crippen molar-refractivity contribution in [3.8, 4) is 17.1 Å². The second kappa shape index (κ2) is 8.36. The summed E-state index contributed by atoms with van der Waals surface area (Å²) < 4.78 is 48.1. The number of halogens is 3. The predicted octanol–water partition coefficient (Wildman–Crippen LogP) is 2.59. The molecule has 1 spiro atoms. The van der Waals surface area contributed by atoms with E-state index >= 15 is 0 Å². The molecule has 0 aromatic carbocycles. The lowest BCUT2D eigenvalue weighted by atomic mass is 9.73. The Hall–Kier alpha value is -3.35. The number of rotatable bonds is 2. The number of nitrogen functional groups attached to an aromatic ring is 1. The van der Waals surface area contributed by atoms with E-state index in [0.717, 1.165) is 63.0 Å². The van der Waals surface area contributed by atoms with E-state index in [-0.39, 0.29) is 16.8 Å². The number of aromatic nitrogens is 5. The van der Waals surface area contributed by atoms with E-state index in [1.165, 1.54) is 17.1 Å². The van der Waals surface area contributed by atoms with E-state index in [2.05, 4.69) is 30.3 Å². The highest BCUT2D eigenvalue weighted by Gasteiger charge is 2.39. The summed E-state index contributed by atoms with van der Waals surface area (Å²) >= 11 is 0. The maximum absolute atomic E-state index is 13.5. The molecule has 3 aliphatic heterocycles. The van der Waals surface area contributed by atoms with Gasteiger partial charge in [0.05, 0.1) is 12.1 Å². The number of fused-ring (bicyclic) bond motifs is 3. The van der Waals surface area contributed by atoms with Gasteiger partial charge in [-0.2, -0.15) is 17.7 Å². The van der Waals surface area contributed by atoms with Gasteiger partial charge in [0.25, 0.3) is 0 Å². The largest absolute Gasteiger partial charge is 0.486 e. The summed E-state index contributed by atoms with van der Waals surface area (Å²) in [5.41, 5.74) is 6.03. The minimum absolute atomic E-state index is 0.125. The van der Waals surface area contributed by atoms with Crippen LogP contribution in [-0.2, 0) is 6.18 Å². The highest BCUT2D eigenvalue weighted by Crippen LogP contribution is 2.46. The monoisotopic (exact) mass is 503 g/mol. The van der Waals surface area contributed by atoms with Crippen LogP contribution in [0.4, 0.5) is 30.5 Å². The molecule has 6 rings (SSSR count). The van der Waals surface area contributed by atoms with Crippen LogP contribution in [-0.4, -0.2) is 71.2 Å². The average molecular weight is 504 g/mol. The second-order valence-corrected chi connectivity index (χ2v) is 9.96. The zero-order valence-corrected chi connectivity index (χ0v) is 20.0. The van der Waals surface area contributed by atoms with Crippen molar-refractivity contribution in [1.82, 2.24) is 30.1 Å². The molecule has 0 radical (unpaired) electrons. The van der Waals surface area contributed by atoms with Gasteiger partial charge in [0.15, 0.2) is 17.4 Å². The topological polar surface area (TPSA) is 110 Å². The molecule has 36 heavy (non-hydrogen) atoms. The molecule has 0 aliphatic carbocycles. The van der Waals surface area contributed by atoms with Gasteiger partial charge in [0, 0.05) is 31.9 Å². The number of hydrogen-bond donors (Lipinski definition) is 2. The first-order valence-corrected chi connectivity index (χ1v) is 12.2. The molecule has 13 heteroatoms. The minimum Gasteiger partial charge on any atom is -0.486 e. The number of hydrogen-bond acceptors (Lipinski definition) is 9. The number of piperidine rings is 2. The van der Waals surface area contributed by atoms with Crippen LogP contribution in [0.3, 0.4) is 0 Å². The Morgan fingerprint density at radius 2 is 1.94 bits per heavy atom. The van der Waals surface area contributed by atoms with Gasteiger partial charge in [-0.15, -0.1) is 15.3 Å². The third-order valence-electron chi connectivity index (χ3n) is 7.63. The quantitative estimate of drug-likeness (QED) is 0.545. The number of ether oxygens (including phenoxy) is 1. The van der Waals surface area contributed by atoms with Crippen molar-refractivity contribution in [3.63, 3.8) is 0 Å². The van der Waals surface area contributed by atoms with Crippen LogP contribution in [0.1, 0.15) is 31.2 Å². The second-order valence-electron chi connectivity index (χ2n) is 9.96. The summed E-state index contributed by atoms with van der Waals surface area (Å²) in [5, 5.41) is 16.8. The average Bonchev–Trinajstić information content (AvgIpc) is 3.28. The summed E-state index contributed by atoms with van der Waals surface area (Å²) in [4.78, 5) is 8.17. The third-order valence-corrected chi connectivity index (χ3v) is 7.63. The van der Waals surface area contributed by atoms with Crippen LogP contribution in [0.2, 0.25) is 0 Å². The zero-order valence-electron chi connectivity index (χ0n) is 20.0. The van der Waals surface area contributed by atoms with Gasteiger partial charge in [0.2, 0.25) is 5.65 Å². The number of pyridine rings is 1. The molecule has 3 aliphatic rings. The van der Waals surface area contributed by atoms with Gasteiger partial charge in [-0.1, -0.05) is 0 Å². The molecular weight excluding hydrogens is 475 g/mol. The lowest BCUT2D eigenvalue weighted by molar-refractivity contribution is -0.137. The maximum atomic E-state index is 13.5. The van der Waals surface area contributed by atoms with Crippen LogP contribution in [0, 0.1) is 5.41 Å². The fourth-order valence-corrected chi connectivity index (χ4v) is 5.71. The molecule has 2 saturated heterocycles. The van der Waals surface area contributed by atoms with Crippen LogP contribution < -0.4 is 25.6 Å². The molecule has 3 aromatic rings. The lowest BCUT2D eigenvalue weighted by Crippen LogP contribution is -2.49. The Bertz CT molecular complexity index is 1300. The van der Waals surface area contributed by atoms with Crippen molar-refractivity contribution in [3.05, 3.63) is 17.8 Å².